The van der Waals surface area contributed by atoms with Crippen LogP contribution in [0.3, 0.4) is 0 Å². The summed E-state index contributed by atoms with van der Waals surface area (Å²) in [5.74, 6) is -1.35. The molecule has 3 heterocycles. The smallest absolute Gasteiger partial charge is 0.316 e. The first-order valence-corrected chi connectivity index (χ1v) is 14.1. The van der Waals surface area contributed by atoms with Crippen LogP contribution < -0.4 is 0 Å². The van der Waals surface area contributed by atoms with Crippen molar-refractivity contribution in [2.24, 2.45) is 17.8 Å². The maximum Gasteiger partial charge on any atom is 0.316 e. The molecule has 206 valence electrons. The van der Waals surface area contributed by atoms with Gasteiger partial charge in [-0.2, -0.15) is 0 Å². The van der Waals surface area contributed by atoms with Crippen molar-refractivity contribution in [1.82, 2.24) is 0 Å². The van der Waals surface area contributed by atoms with Crippen LogP contribution in [-0.2, 0) is 19.0 Å². The average molecular weight is 515 g/mol. The fourth-order valence-corrected chi connectivity index (χ4v) is 6.32. The van der Waals surface area contributed by atoms with Gasteiger partial charge in [0.15, 0.2) is 5.79 Å². The number of fused-ring (bicyclic) bond motifs is 3. The molecule has 0 aromatic heterocycles. The van der Waals surface area contributed by atoms with Crippen molar-refractivity contribution >= 4 is 5.97 Å². The number of esters is 1. The maximum absolute atomic E-state index is 13.7. The maximum atomic E-state index is 13.7. The summed E-state index contributed by atoms with van der Waals surface area (Å²) in [5.41, 5.74) is 1.09. The van der Waals surface area contributed by atoms with E-state index in [4.69, 9.17) is 14.2 Å². The summed E-state index contributed by atoms with van der Waals surface area (Å²) < 4.78 is 19.3. The lowest BCUT2D eigenvalue weighted by Crippen LogP contribution is -2.54. The van der Waals surface area contributed by atoms with Crippen LogP contribution in [0.4, 0.5) is 0 Å². The highest BCUT2D eigenvalue weighted by molar-refractivity contribution is 5.78. The lowest BCUT2D eigenvalue weighted by Gasteiger charge is -2.49. The molecule has 0 aromatic rings. The zero-order chi connectivity index (χ0) is 27.0. The van der Waals surface area contributed by atoms with E-state index in [2.05, 4.69) is 39.8 Å². The van der Waals surface area contributed by atoms with E-state index in [-0.39, 0.29) is 24.7 Å². The molecule has 6 heteroatoms. The Hall–Kier alpha value is -1.73. The van der Waals surface area contributed by atoms with Crippen molar-refractivity contribution in [2.75, 3.05) is 0 Å². The summed E-state index contributed by atoms with van der Waals surface area (Å²) in [6, 6.07) is 0. The molecule has 9 unspecified atom stereocenters. The Morgan fingerprint density at radius 2 is 1.81 bits per heavy atom. The number of aliphatic hydroxyl groups excluding tert-OH is 1. The fourth-order valence-electron chi connectivity index (χ4n) is 6.32. The van der Waals surface area contributed by atoms with E-state index in [9.17, 15) is 15.0 Å². The van der Waals surface area contributed by atoms with Crippen molar-refractivity contribution in [3.8, 4) is 0 Å². The molecule has 0 aromatic carbocycles. The molecule has 4 rings (SSSR count). The van der Waals surface area contributed by atoms with Gasteiger partial charge in [-0.3, -0.25) is 4.79 Å². The number of allylic oxidation sites excluding steroid dienone is 4. The lowest BCUT2D eigenvalue weighted by molar-refractivity contribution is -0.332. The molecule has 2 fully saturated rings. The third-order valence-electron chi connectivity index (χ3n) is 8.98. The quantitative estimate of drug-likeness (QED) is 0.326. The molecule has 2 bridgehead atoms. The zero-order valence-corrected chi connectivity index (χ0v) is 23.4. The van der Waals surface area contributed by atoms with E-state index < -0.39 is 29.4 Å². The van der Waals surface area contributed by atoms with Crippen LogP contribution in [-0.4, -0.2) is 52.0 Å². The lowest BCUT2D eigenvalue weighted by atomic mass is 9.71. The molecule has 1 aliphatic carbocycles. The highest BCUT2D eigenvalue weighted by Crippen LogP contribution is 2.44. The highest BCUT2D eigenvalue weighted by atomic mass is 16.7. The second-order valence-electron chi connectivity index (χ2n) is 12.2. The van der Waals surface area contributed by atoms with Gasteiger partial charge in [0, 0.05) is 25.7 Å². The van der Waals surface area contributed by atoms with Crippen LogP contribution in [0, 0.1) is 17.8 Å². The second kappa shape index (κ2) is 11.2. The van der Waals surface area contributed by atoms with E-state index in [0.717, 1.165) is 25.7 Å². The Kier molecular flexibility index (Phi) is 8.54. The summed E-state index contributed by atoms with van der Waals surface area (Å²) in [5, 5.41) is 22.4. The van der Waals surface area contributed by atoms with E-state index in [1.165, 1.54) is 5.57 Å². The summed E-state index contributed by atoms with van der Waals surface area (Å²) in [6.07, 6.45) is 13.2. The zero-order valence-electron chi connectivity index (χ0n) is 23.4. The monoisotopic (exact) mass is 514 g/mol. The molecule has 3 aliphatic heterocycles. The summed E-state index contributed by atoms with van der Waals surface area (Å²) in [6.45, 7) is 12.2. The summed E-state index contributed by atoms with van der Waals surface area (Å²) in [7, 11) is 0. The van der Waals surface area contributed by atoms with E-state index >= 15 is 0 Å². The first-order chi connectivity index (χ1) is 17.4. The predicted octanol–water partition coefficient (Wildman–Crippen LogP) is 5.55. The average Bonchev–Trinajstić information content (AvgIpc) is 2.82. The molecule has 37 heavy (non-hydrogen) atoms. The number of aliphatic hydroxyl groups is 2. The Morgan fingerprint density at radius 1 is 1.05 bits per heavy atom. The predicted molar refractivity (Wildman–Crippen MR) is 144 cm³/mol. The molecule has 1 spiro atoms. The largest absolute Gasteiger partial charge is 0.462 e. The van der Waals surface area contributed by atoms with Gasteiger partial charge in [-0.05, 0) is 69.9 Å². The van der Waals surface area contributed by atoms with Crippen LogP contribution in [0.15, 0.2) is 47.1 Å². The molecule has 0 saturated carbocycles. The number of carbonyl (C=O) groups is 1. The SMILES string of the molecule is CC1=CCC2CC(CC3(CCC(C)C(C)O3)O2)OC(=O)C2C=C(C)C(O)CC2(O)C(C)=CC=CC(C)C1. The molecule has 2 N–H and O–H groups in total. The molecular weight excluding hydrogens is 468 g/mol. The molecule has 0 radical (unpaired) electrons. The van der Waals surface area contributed by atoms with Gasteiger partial charge in [0.05, 0.1) is 18.3 Å². The molecule has 2 saturated heterocycles. The van der Waals surface area contributed by atoms with Crippen LogP contribution in [0.25, 0.3) is 0 Å². The van der Waals surface area contributed by atoms with E-state index in [0.29, 0.717) is 35.8 Å². The van der Waals surface area contributed by atoms with Crippen LogP contribution in [0.5, 0.6) is 0 Å². The summed E-state index contributed by atoms with van der Waals surface area (Å²) in [4.78, 5) is 13.7. The first kappa shape index (κ1) is 28.3. The second-order valence-corrected chi connectivity index (χ2v) is 12.2. The van der Waals surface area contributed by atoms with Crippen molar-refractivity contribution in [3.63, 3.8) is 0 Å². The van der Waals surface area contributed by atoms with Gasteiger partial charge in [0.2, 0.25) is 0 Å². The first-order valence-electron chi connectivity index (χ1n) is 14.1. The van der Waals surface area contributed by atoms with Crippen molar-refractivity contribution < 1.29 is 29.2 Å². The Bertz CT molecular complexity index is 978. The van der Waals surface area contributed by atoms with Crippen LogP contribution >= 0.6 is 0 Å². The molecule has 9 atom stereocenters. The summed E-state index contributed by atoms with van der Waals surface area (Å²) >= 11 is 0. The minimum absolute atomic E-state index is 0.0571. The molecule has 4 aliphatic rings. The molecule has 6 nitrogen and oxygen atoms in total. The highest BCUT2D eigenvalue weighted by Gasteiger charge is 2.50. The third kappa shape index (κ3) is 6.30. The van der Waals surface area contributed by atoms with Crippen LogP contribution in [0.2, 0.25) is 0 Å². The van der Waals surface area contributed by atoms with Gasteiger partial charge in [0.25, 0.3) is 0 Å². The van der Waals surface area contributed by atoms with Crippen molar-refractivity contribution in [2.45, 2.75) is 122 Å². The van der Waals surface area contributed by atoms with Crippen molar-refractivity contribution in [3.05, 3.63) is 47.1 Å². The van der Waals surface area contributed by atoms with E-state index in [1.807, 2.05) is 19.1 Å². The van der Waals surface area contributed by atoms with Gasteiger partial charge >= 0.3 is 5.97 Å². The van der Waals surface area contributed by atoms with Gasteiger partial charge < -0.3 is 24.4 Å². The van der Waals surface area contributed by atoms with Crippen LogP contribution in [0.1, 0.15) is 86.5 Å². The Balaban J connectivity index is 1.70. The number of rotatable bonds is 0. The van der Waals surface area contributed by atoms with Gasteiger partial charge in [-0.15, -0.1) is 0 Å². The third-order valence-corrected chi connectivity index (χ3v) is 8.98. The minimum atomic E-state index is -1.52. The number of carbonyl (C=O) groups excluding carboxylic acids is 1. The standard InChI is InChI=1S/C31H46O6/c1-19-8-7-9-23(5)31(34)18-28(32)22(4)15-27(31)29(33)35-26-16-25(11-10-20(2)14-19)37-30(17-26)13-12-21(3)24(6)36-30/h7-10,15,19,21,24-28,32,34H,11-14,16-18H2,1-6H3. The Labute approximate surface area is 222 Å². The van der Waals surface area contributed by atoms with Gasteiger partial charge in [0.1, 0.15) is 17.6 Å². The fraction of sp³-hybridized carbons (Fsp3) is 0.710. The molecular formula is C31H46O6. The van der Waals surface area contributed by atoms with E-state index in [1.54, 1.807) is 13.0 Å². The molecule has 0 amide bonds. The Morgan fingerprint density at radius 3 is 2.54 bits per heavy atom. The topological polar surface area (TPSA) is 85.2 Å². The van der Waals surface area contributed by atoms with Gasteiger partial charge in [-0.25, -0.2) is 0 Å². The van der Waals surface area contributed by atoms with Crippen molar-refractivity contribution in [1.29, 1.82) is 0 Å². The number of hydrogen-bond donors (Lipinski definition) is 2. The number of ether oxygens (including phenoxy) is 3. The minimum Gasteiger partial charge on any atom is -0.462 e. The normalized spacial score (nSPS) is 43.8. The van der Waals surface area contributed by atoms with Gasteiger partial charge in [-0.1, -0.05) is 49.8 Å². The number of hydrogen-bond acceptors (Lipinski definition) is 6.